The highest BCUT2D eigenvalue weighted by Gasteiger charge is 2.47. The second-order valence-electron chi connectivity index (χ2n) is 8.03. The lowest BCUT2D eigenvalue weighted by Gasteiger charge is -2.26. The average molecular weight is 474 g/mol. The van der Waals surface area contributed by atoms with Gasteiger partial charge in [0, 0.05) is 11.3 Å². The molecule has 0 aromatic heterocycles. The molecule has 1 N–H and O–H groups in total. The van der Waals surface area contributed by atoms with Crippen LogP contribution in [0.1, 0.15) is 29.7 Å². The summed E-state index contributed by atoms with van der Waals surface area (Å²) in [5, 5.41) is 11.3. The number of hydrogen-bond donors (Lipinski definition) is 1. The maximum Gasteiger partial charge on any atom is 0.300 e. The van der Waals surface area contributed by atoms with Crippen LogP contribution in [0.4, 0.5) is 5.69 Å². The van der Waals surface area contributed by atoms with Gasteiger partial charge in [-0.05, 0) is 60.0 Å². The molecule has 180 valence electrons. The van der Waals surface area contributed by atoms with Gasteiger partial charge >= 0.3 is 0 Å². The highest BCUT2D eigenvalue weighted by Crippen LogP contribution is 2.43. The molecule has 1 saturated heterocycles. The number of benzene rings is 3. The molecular formula is C28H27NO6. The molecule has 7 nitrogen and oxygen atoms in total. The van der Waals surface area contributed by atoms with Crippen molar-refractivity contribution in [3.8, 4) is 17.2 Å². The van der Waals surface area contributed by atoms with Crippen molar-refractivity contribution in [1.29, 1.82) is 0 Å². The Hall–Kier alpha value is -4.26. The minimum absolute atomic E-state index is 0.00745. The number of ether oxygens (including phenoxy) is 3. The first-order chi connectivity index (χ1) is 16.9. The fraction of sp³-hybridized carbons (Fsp3) is 0.214. The summed E-state index contributed by atoms with van der Waals surface area (Å²) in [4.78, 5) is 28.0. The van der Waals surface area contributed by atoms with Crippen molar-refractivity contribution < 1.29 is 28.9 Å². The molecule has 3 aromatic carbocycles. The Kier molecular flexibility index (Phi) is 6.78. The van der Waals surface area contributed by atoms with Gasteiger partial charge in [-0.3, -0.25) is 14.5 Å². The van der Waals surface area contributed by atoms with Crippen molar-refractivity contribution in [3.63, 3.8) is 0 Å². The predicted octanol–water partition coefficient (Wildman–Crippen LogP) is 4.90. The van der Waals surface area contributed by atoms with Gasteiger partial charge in [0.25, 0.3) is 11.7 Å². The number of nitrogens with zero attached hydrogens (tertiary/aromatic N) is 1. The summed E-state index contributed by atoms with van der Waals surface area (Å²) in [7, 11) is 4.56. The summed E-state index contributed by atoms with van der Waals surface area (Å²) < 4.78 is 15.9. The van der Waals surface area contributed by atoms with Crippen LogP contribution in [0.15, 0.2) is 72.3 Å². The van der Waals surface area contributed by atoms with Crippen molar-refractivity contribution in [2.24, 2.45) is 0 Å². The van der Waals surface area contributed by atoms with E-state index in [1.165, 1.54) is 19.1 Å². The number of rotatable bonds is 7. The first kappa shape index (κ1) is 23.9. The topological polar surface area (TPSA) is 85.3 Å². The zero-order valence-corrected chi connectivity index (χ0v) is 20.1. The molecule has 1 heterocycles. The third-order valence-corrected chi connectivity index (χ3v) is 6.16. The first-order valence-electron chi connectivity index (χ1n) is 11.2. The summed E-state index contributed by atoms with van der Waals surface area (Å²) in [5.74, 6) is -0.264. The van der Waals surface area contributed by atoms with Crippen molar-refractivity contribution >= 4 is 23.1 Å². The normalized spacial score (nSPS) is 16.9. The largest absolute Gasteiger partial charge is 0.507 e. The Morgan fingerprint density at radius 1 is 0.857 bits per heavy atom. The van der Waals surface area contributed by atoms with Crippen LogP contribution < -0.4 is 19.1 Å². The smallest absolute Gasteiger partial charge is 0.300 e. The Morgan fingerprint density at radius 3 is 2.09 bits per heavy atom. The summed E-state index contributed by atoms with van der Waals surface area (Å²) in [6.45, 7) is 2.04. The summed E-state index contributed by atoms with van der Waals surface area (Å²) >= 11 is 0. The maximum absolute atomic E-state index is 13.3. The Morgan fingerprint density at radius 2 is 1.51 bits per heavy atom. The van der Waals surface area contributed by atoms with Gasteiger partial charge in [-0.15, -0.1) is 0 Å². The SMILES string of the molecule is CCc1ccc(N2C(=O)C(=O)/C(=C(\O)c3ccc(OC)c(OC)c3)C2c2ccc(OC)cc2)cc1. The molecule has 0 bridgehead atoms. The maximum atomic E-state index is 13.3. The van der Waals surface area contributed by atoms with Gasteiger partial charge in [-0.2, -0.15) is 0 Å². The second kappa shape index (κ2) is 9.93. The highest BCUT2D eigenvalue weighted by atomic mass is 16.5. The number of ketones is 1. The van der Waals surface area contributed by atoms with E-state index in [0.717, 1.165) is 12.0 Å². The molecule has 1 aliphatic heterocycles. The summed E-state index contributed by atoms with van der Waals surface area (Å²) in [6.07, 6.45) is 0.848. The average Bonchev–Trinajstić information content (AvgIpc) is 3.17. The molecular weight excluding hydrogens is 446 g/mol. The second-order valence-corrected chi connectivity index (χ2v) is 8.03. The molecule has 4 rings (SSSR count). The standard InChI is InChI=1S/C28H27NO6/c1-5-17-6-11-20(12-7-17)29-25(18-8-13-21(33-2)14-9-18)24(27(31)28(29)32)26(30)19-10-15-22(34-3)23(16-19)35-4/h6-16,25,30H,5H2,1-4H3/b26-24-. The van der Waals surface area contributed by atoms with E-state index in [4.69, 9.17) is 14.2 Å². The molecule has 1 atom stereocenters. The molecule has 0 radical (unpaired) electrons. The molecule has 0 saturated carbocycles. The van der Waals surface area contributed by atoms with E-state index < -0.39 is 17.7 Å². The van der Waals surface area contributed by atoms with Crippen LogP contribution >= 0.6 is 0 Å². The van der Waals surface area contributed by atoms with Gasteiger partial charge in [-0.1, -0.05) is 31.2 Å². The van der Waals surface area contributed by atoms with Gasteiger partial charge in [-0.25, -0.2) is 0 Å². The lowest BCUT2D eigenvalue weighted by Crippen LogP contribution is -2.29. The van der Waals surface area contributed by atoms with Crippen LogP contribution in [0.2, 0.25) is 0 Å². The van der Waals surface area contributed by atoms with E-state index in [1.54, 1.807) is 49.6 Å². The first-order valence-corrected chi connectivity index (χ1v) is 11.2. The van der Waals surface area contributed by atoms with Crippen LogP contribution in [0.25, 0.3) is 5.76 Å². The lowest BCUT2D eigenvalue weighted by atomic mass is 9.95. The monoisotopic (exact) mass is 473 g/mol. The van der Waals surface area contributed by atoms with Gasteiger partial charge in [0.2, 0.25) is 0 Å². The zero-order valence-electron chi connectivity index (χ0n) is 20.1. The Bertz CT molecular complexity index is 1280. The van der Waals surface area contributed by atoms with Gasteiger partial charge in [0.15, 0.2) is 11.5 Å². The van der Waals surface area contributed by atoms with E-state index in [1.807, 2.05) is 31.2 Å². The predicted molar refractivity (Wildman–Crippen MR) is 133 cm³/mol. The van der Waals surface area contributed by atoms with Crippen LogP contribution in [0.3, 0.4) is 0 Å². The fourth-order valence-electron chi connectivity index (χ4n) is 4.23. The van der Waals surface area contributed by atoms with Crippen LogP contribution in [0.5, 0.6) is 17.2 Å². The number of aryl methyl sites for hydroxylation is 1. The van der Waals surface area contributed by atoms with Crippen LogP contribution in [-0.2, 0) is 16.0 Å². The number of carbonyl (C=O) groups excluding carboxylic acids is 2. The van der Waals surface area contributed by atoms with Gasteiger partial charge < -0.3 is 19.3 Å². The zero-order chi connectivity index (χ0) is 25.1. The number of amides is 1. The summed E-state index contributed by atoms with van der Waals surface area (Å²) in [5.41, 5.74) is 2.66. The molecule has 1 aliphatic rings. The number of carbonyl (C=O) groups is 2. The number of aliphatic hydroxyl groups is 1. The molecule has 0 aliphatic carbocycles. The van der Waals surface area contributed by atoms with Crippen molar-refractivity contribution in [1.82, 2.24) is 0 Å². The van der Waals surface area contributed by atoms with Gasteiger partial charge in [0.05, 0.1) is 32.9 Å². The minimum Gasteiger partial charge on any atom is -0.507 e. The Labute approximate surface area is 204 Å². The van der Waals surface area contributed by atoms with Crippen molar-refractivity contribution in [2.75, 3.05) is 26.2 Å². The molecule has 7 heteroatoms. The summed E-state index contributed by atoms with van der Waals surface area (Å²) in [6, 6.07) is 18.6. The highest BCUT2D eigenvalue weighted by molar-refractivity contribution is 6.51. The molecule has 0 spiro atoms. The molecule has 1 fully saturated rings. The Balaban J connectivity index is 1.91. The third-order valence-electron chi connectivity index (χ3n) is 6.16. The number of Topliss-reactive ketones (excluding diaryl/α,β-unsaturated/α-hetero) is 1. The van der Waals surface area contributed by atoms with E-state index in [0.29, 0.717) is 34.1 Å². The fourth-order valence-corrected chi connectivity index (χ4v) is 4.23. The van der Waals surface area contributed by atoms with Crippen molar-refractivity contribution in [3.05, 3.63) is 89.0 Å². The molecule has 35 heavy (non-hydrogen) atoms. The van der Waals surface area contributed by atoms with E-state index in [9.17, 15) is 14.7 Å². The van der Waals surface area contributed by atoms with Crippen LogP contribution in [-0.4, -0.2) is 38.1 Å². The van der Waals surface area contributed by atoms with Gasteiger partial charge in [0.1, 0.15) is 11.5 Å². The molecule has 1 amide bonds. The molecule has 3 aromatic rings. The van der Waals surface area contributed by atoms with E-state index >= 15 is 0 Å². The number of anilines is 1. The molecule has 1 unspecified atom stereocenters. The van der Waals surface area contributed by atoms with Crippen molar-refractivity contribution in [2.45, 2.75) is 19.4 Å². The number of hydrogen-bond acceptors (Lipinski definition) is 6. The third kappa shape index (κ3) is 4.33. The van der Waals surface area contributed by atoms with Crippen LogP contribution in [0, 0.1) is 0 Å². The minimum atomic E-state index is -0.832. The van der Waals surface area contributed by atoms with E-state index in [2.05, 4.69) is 0 Å². The van der Waals surface area contributed by atoms with E-state index in [-0.39, 0.29) is 11.3 Å². The number of methoxy groups -OCH3 is 3. The lowest BCUT2D eigenvalue weighted by molar-refractivity contribution is -0.132. The number of aliphatic hydroxyl groups excluding tert-OH is 1. The quantitative estimate of drug-likeness (QED) is 0.298.